The highest BCUT2D eigenvalue weighted by atomic mass is 16.3. The summed E-state index contributed by atoms with van der Waals surface area (Å²) in [5.74, 6) is -0.422. The third kappa shape index (κ3) is 2.85. The normalized spacial score (nSPS) is 15.3. The van der Waals surface area contributed by atoms with E-state index in [0.29, 0.717) is 13.0 Å². The molecule has 2 rings (SSSR count). The van der Waals surface area contributed by atoms with E-state index in [2.05, 4.69) is 0 Å². The van der Waals surface area contributed by atoms with Crippen molar-refractivity contribution in [1.82, 2.24) is 4.90 Å². The van der Waals surface area contributed by atoms with E-state index in [4.69, 9.17) is 5.11 Å². The van der Waals surface area contributed by atoms with Gasteiger partial charge in [-0.25, -0.2) is 0 Å². The van der Waals surface area contributed by atoms with Gasteiger partial charge in [0.05, 0.1) is 0 Å². The molecule has 0 spiro atoms. The zero-order valence-corrected chi connectivity index (χ0v) is 9.74. The number of aromatic hydroxyl groups is 1. The second-order valence-corrected chi connectivity index (χ2v) is 3.94. The van der Waals surface area contributed by atoms with Crippen LogP contribution in [0.3, 0.4) is 0 Å². The summed E-state index contributed by atoms with van der Waals surface area (Å²) in [7, 11) is 0. The number of phenols is 1. The quantitative estimate of drug-likeness (QED) is 0.805. The summed E-state index contributed by atoms with van der Waals surface area (Å²) in [5.41, 5.74) is 0.793. The summed E-state index contributed by atoms with van der Waals surface area (Å²) in [4.78, 5) is 24.4. The molecule has 92 valence electrons. The summed E-state index contributed by atoms with van der Waals surface area (Å²) >= 11 is 0. The van der Waals surface area contributed by atoms with E-state index in [1.165, 1.54) is 17.1 Å². The van der Waals surface area contributed by atoms with E-state index in [1.807, 2.05) is 0 Å². The van der Waals surface area contributed by atoms with Crippen molar-refractivity contribution in [2.45, 2.75) is 6.42 Å². The minimum absolute atomic E-state index is 0.176. The molecule has 0 fully saturated rings. The minimum Gasteiger partial charge on any atom is -0.508 e. The standard InChI is InChI=1S/C14H13NO3/c16-12-7-4-11(5-8-12)6-9-14(18)15-10-2-1-3-13(15)17/h1,3-9,16H,2,10H2/b9-6+. The van der Waals surface area contributed by atoms with Gasteiger partial charge in [0.2, 0.25) is 0 Å². The predicted molar refractivity (Wildman–Crippen MR) is 67.6 cm³/mol. The lowest BCUT2D eigenvalue weighted by Gasteiger charge is -2.19. The molecule has 1 aliphatic heterocycles. The van der Waals surface area contributed by atoms with Crippen molar-refractivity contribution in [3.8, 4) is 5.75 Å². The fourth-order valence-electron chi connectivity index (χ4n) is 1.65. The average Bonchev–Trinajstić information content (AvgIpc) is 2.38. The van der Waals surface area contributed by atoms with Gasteiger partial charge in [0.25, 0.3) is 11.8 Å². The molecule has 0 aliphatic carbocycles. The first-order valence-electron chi connectivity index (χ1n) is 5.66. The molecule has 0 aromatic heterocycles. The summed E-state index contributed by atoms with van der Waals surface area (Å²) in [6.07, 6.45) is 6.85. The molecule has 4 heteroatoms. The van der Waals surface area contributed by atoms with Gasteiger partial charge in [0.1, 0.15) is 5.75 Å². The Morgan fingerprint density at radius 2 is 2.00 bits per heavy atom. The Bertz CT molecular complexity index is 514. The maximum absolute atomic E-state index is 11.8. The second-order valence-electron chi connectivity index (χ2n) is 3.94. The highest BCUT2D eigenvalue weighted by Crippen LogP contribution is 2.11. The number of rotatable bonds is 2. The van der Waals surface area contributed by atoms with Crippen LogP contribution < -0.4 is 0 Å². The van der Waals surface area contributed by atoms with Gasteiger partial charge in [-0.2, -0.15) is 0 Å². The molecule has 1 heterocycles. The lowest BCUT2D eigenvalue weighted by Crippen LogP contribution is -2.37. The zero-order valence-electron chi connectivity index (χ0n) is 9.74. The van der Waals surface area contributed by atoms with Crippen LogP contribution in [0.25, 0.3) is 6.08 Å². The molecule has 1 aromatic rings. The smallest absolute Gasteiger partial charge is 0.253 e. The van der Waals surface area contributed by atoms with Gasteiger partial charge in [-0.1, -0.05) is 18.2 Å². The van der Waals surface area contributed by atoms with Gasteiger partial charge in [0, 0.05) is 12.6 Å². The van der Waals surface area contributed by atoms with Gasteiger partial charge in [0.15, 0.2) is 0 Å². The van der Waals surface area contributed by atoms with Crippen LogP contribution in [-0.4, -0.2) is 28.4 Å². The third-order valence-corrected chi connectivity index (χ3v) is 2.62. The van der Waals surface area contributed by atoms with Crippen LogP contribution in [-0.2, 0) is 9.59 Å². The van der Waals surface area contributed by atoms with Crippen LogP contribution in [0.1, 0.15) is 12.0 Å². The van der Waals surface area contributed by atoms with Crippen molar-refractivity contribution in [2.75, 3.05) is 6.54 Å². The molecule has 18 heavy (non-hydrogen) atoms. The molecular weight excluding hydrogens is 230 g/mol. The van der Waals surface area contributed by atoms with Gasteiger partial charge in [-0.05, 0) is 36.3 Å². The lowest BCUT2D eigenvalue weighted by atomic mass is 10.2. The Labute approximate surface area is 105 Å². The van der Waals surface area contributed by atoms with Gasteiger partial charge in [-0.3, -0.25) is 14.5 Å². The minimum atomic E-state index is -0.322. The number of amides is 2. The first-order valence-corrected chi connectivity index (χ1v) is 5.66. The molecule has 0 saturated carbocycles. The van der Waals surface area contributed by atoms with Crippen LogP contribution in [0.2, 0.25) is 0 Å². The van der Waals surface area contributed by atoms with Crippen LogP contribution in [0.5, 0.6) is 5.75 Å². The number of imide groups is 1. The van der Waals surface area contributed by atoms with E-state index in [1.54, 1.807) is 36.4 Å². The molecule has 0 bridgehead atoms. The van der Waals surface area contributed by atoms with E-state index >= 15 is 0 Å². The Kier molecular flexibility index (Phi) is 3.57. The van der Waals surface area contributed by atoms with E-state index in [-0.39, 0.29) is 17.6 Å². The molecule has 1 aliphatic rings. The van der Waals surface area contributed by atoms with E-state index in [9.17, 15) is 9.59 Å². The number of hydrogen-bond donors (Lipinski definition) is 1. The summed E-state index contributed by atoms with van der Waals surface area (Å²) in [6, 6.07) is 6.46. The first kappa shape index (κ1) is 12.1. The Morgan fingerprint density at radius 3 is 2.67 bits per heavy atom. The molecule has 1 N–H and O–H groups in total. The largest absolute Gasteiger partial charge is 0.508 e. The van der Waals surface area contributed by atoms with Crippen LogP contribution in [0.15, 0.2) is 42.5 Å². The van der Waals surface area contributed by atoms with Crippen molar-refractivity contribution < 1.29 is 14.7 Å². The number of phenolic OH excluding ortho intramolecular Hbond substituents is 1. The summed E-state index contributed by atoms with van der Waals surface area (Å²) in [6.45, 7) is 0.425. The number of carbonyl (C=O) groups is 2. The Morgan fingerprint density at radius 1 is 1.28 bits per heavy atom. The third-order valence-electron chi connectivity index (χ3n) is 2.62. The summed E-state index contributed by atoms with van der Waals surface area (Å²) in [5, 5.41) is 9.12. The lowest BCUT2D eigenvalue weighted by molar-refractivity contribution is -0.139. The van der Waals surface area contributed by atoms with Gasteiger partial charge < -0.3 is 5.11 Å². The van der Waals surface area contributed by atoms with E-state index in [0.717, 1.165) is 5.56 Å². The van der Waals surface area contributed by atoms with Crippen molar-refractivity contribution in [2.24, 2.45) is 0 Å². The zero-order chi connectivity index (χ0) is 13.0. The molecule has 0 saturated heterocycles. The van der Waals surface area contributed by atoms with Crippen LogP contribution in [0.4, 0.5) is 0 Å². The molecule has 0 radical (unpaired) electrons. The van der Waals surface area contributed by atoms with E-state index < -0.39 is 0 Å². The fraction of sp³-hybridized carbons (Fsp3) is 0.143. The highest BCUT2D eigenvalue weighted by Gasteiger charge is 2.18. The number of hydrogen-bond acceptors (Lipinski definition) is 3. The number of nitrogens with zero attached hydrogens (tertiary/aromatic N) is 1. The fourth-order valence-corrected chi connectivity index (χ4v) is 1.65. The number of carbonyl (C=O) groups excluding carboxylic acids is 2. The molecule has 1 aromatic carbocycles. The second kappa shape index (κ2) is 5.31. The summed E-state index contributed by atoms with van der Waals surface area (Å²) < 4.78 is 0. The van der Waals surface area contributed by atoms with Crippen LogP contribution in [0, 0.1) is 0 Å². The van der Waals surface area contributed by atoms with Crippen molar-refractivity contribution >= 4 is 17.9 Å². The van der Waals surface area contributed by atoms with Crippen molar-refractivity contribution in [3.05, 3.63) is 48.1 Å². The van der Waals surface area contributed by atoms with Crippen molar-refractivity contribution in [3.63, 3.8) is 0 Å². The highest BCUT2D eigenvalue weighted by molar-refractivity contribution is 6.06. The maximum Gasteiger partial charge on any atom is 0.253 e. The Balaban J connectivity index is 2.05. The Hall–Kier alpha value is -2.36. The van der Waals surface area contributed by atoms with Gasteiger partial charge in [-0.15, -0.1) is 0 Å². The first-order chi connectivity index (χ1) is 8.66. The molecule has 4 nitrogen and oxygen atoms in total. The van der Waals surface area contributed by atoms with Crippen molar-refractivity contribution in [1.29, 1.82) is 0 Å². The molecule has 0 unspecified atom stereocenters. The van der Waals surface area contributed by atoms with Gasteiger partial charge >= 0.3 is 0 Å². The molecular formula is C14H13NO3. The SMILES string of the molecule is O=C1C=CCCN1C(=O)/C=C/c1ccc(O)cc1. The predicted octanol–water partition coefficient (Wildman–Crippen LogP) is 1.72. The molecule has 0 atom stereocenters. The molecule has 2 amide bonds. The average molecular weight is 243 g/mol. The monoisotopic (exact) mass is 243 g/mol. The topological polar surface area (TPSA) is 57.6 Å². The van der Waals surface area contributed by atoms with Crippen LogP contribution >= 0.6 is 0 Å². The maximum atomic E-state index is 11.8. The number of benzene rings is 1.